The van der Waals surface area contributed by atoms with Crippen LogP contribution < -0.4 is 4.90 Å². The number of aryl methyl sites for hydroxylation is 2. The van der Waals surface area contributed by atoms with Gasteiger partial charge in [0.15, 0.2) is 10.8 Å². The summed E-state index contributed by atoms with van der Waals surface area (Å²) < 4.78 is 5.37. The molecular formula is C20H22N2O2S. The molecule has 4 nitrogen and oxygen atoms in total. The second-order valence-electron chi connectivity index (χ2n) is 6.45. The van der Waals surface area contributed by atoms with E-state index >= 15 is 0 Å². The van der Waals surface area contributed by atoms with Crippen molar-refractivity contribution in [3.8, 4) is 10.8 Å². The fraction of sp³-hybridized carbons (Fsp3) is 0.300. The number of furan rings is 1. The van der Waals surface area contributed by atoms with E-state index in [1.54, 1.807) is 6.26 Å². The number of anilines is 1. The molecule has 0 aliphatic rings. The van der Waals surface area contributed by atoms with E-state index in [0.29, 0.717) is 0 Å². The van der Waals surface area contributed by atoms with Crippen LogP contribution in [0.15, 0.2) is 46.4 Å². The third-order valence-corrected chi connectivity index (χ3v) is 4.93. The van der Waals surface area contributed by atoms with Crippen molar-refractivity contribution in [2.45, 2.75) is 40.2 Å². The first-order valence-corrected chi connectivity index (χ1v) is 9.21. The van der Waals surface area contributed by atoms with Gasteiger partial charge in [-0.3, -0.25) is 4.79 Å². The second-order valence-corrected chi connectivity index (χ2v) is 7.30. The highest BCUT2D eigenvalue weighted by atomic mass is 32.1. The van der Waals surface area contributed by atoms with E-state index in [2.05, 4.69) is 23.2 Å². The van der Waals surface area contributed by atoms with Crippen molar-refractivity contribution in [2.75, 3.05) is 4.90 Å². The van der Waals surface area contributed by atoms with Crippen molar-refractivity contribution < 1.29 is 9.21 Å². The van der Waals surface area contributed by atoms with Crippen LogP contribution in [0.5, 0.6) is 0 Å². The van der Waals surface area contributed by atoms with Gasteiger partial charge < -0.3 is 9.32 Å². The molecule has 0 unspecified atom stereocenters. The van der Waals surface area contributed by atoms with E-state index in [0.717, 1.165) is 33.3 Å². The van der Waals surface area contributed by atoms with E-state index in [9.17, 15) is 4.79 Å². The van der Waals surface area contributed by atoms with E-state index in [1.807, 2.05) is 50.1 Å². The van der Waals surface area contributed by atoms with Gasteiger partial charge in [0.05, 0.1) is 18.4 Å². The summed E-state index contributed by atoms with van der Waals surface area (Å²) in [6, 6.07) is 9.99. The van der Waals surface area contributed by atoms with Crippen molar-refractivity contribution in [3.05, 3.63) is 58.8 Å². The molecule has 25 heavy (non-hydrogen) atoms. The van der Waals surface area contributed by atoms with Gasteiger partial charge >= 0.3 is 0 Å². The molecule has 0 aliphatic carbocycles. The summed E-state index contributed by atoms with van der Waals surface area (Å²) in [6.07, 6.45) is 1.91. The molecule has 5 heteroatoms. The predicted octanol–water partition coefficient (Wildman–Crippen LogP) is 5.00. The summed E-state index contributed by atoms with van der Waals surface area (Å²) in [5, 5.41) is 2.73. The second kappa shape index (κ2) is 7.23. The quantitative estimate of drug-likeness (QED) is 0.647. The molecule has 3 aromatic rings. The monoisotopic (exact) mass is 354 g/mol. The number of hydrogen-bond donors (Lipinski definition) is 0. The zero-order valence-corrected chi connectivity index (χ0v) is 15.8. The van der Waals surface area contributed by atoms with Gasteiger partial charge in [-0.15, -0.1) is 11.3 Å². The fourth-order valence-corrected chi connectivity index (χ4v) is 3.61. The van der Waals surface area contributed by atoms with Crippen molar-refractivity contribution >= 4 is 22.9 Å². The van der Waals surface area contributed by atoms with E-state index in [-0.39, 0.29) is 18.4 Å². The summed E-state index contributed by atoms with van der Waals surface area (Å²) in [5.74, 6) is 0.791. The van der Waals surface area contributed by atoms with E-state index < -0.39 is 0 Å². The van der Waals surface area contributed by atoms with Crippen LogP contribution in [-0.4, -0.2) is 16.9 Å². The Morgan fingerprint density at radius 1 is 1.28 bits per heavy atom. The van der Waals surface area contributed by atoms with Gasteiger partial charge in [-0.05, 0) is 57.0 Å². The molecule has 130 valence electrons. The average molecular weight is 354 g/mol. The number of thiazole rings is 1. The number of benzene rings is 1. The number of aromatic nitrogens is 1. The normalized spacial score (nSPS) is 11.1. The van der Waals surface area contributed by atoms with Gasteiger partial charge in [0, 0.05) is 17.1 Å². The Morgan fingerprint density at radius 2 is 2.08 bits per heavy atom. The molecule has 2 heterocycles. The minimum absolute atomic E-state index is 0.0556. The van der Waals surface area contributed by atoms with Crippen molar-refractivity contribution in [3.63, 3.8) is 0 Å². The van der Waals surface area contributed by atoms with Crippen LogP contribution in [0.2, 0.25) is 0 Å². The maximum absolute atomic E-state index is 13.0. The minimum Gasteiger partial charge on any atom is -0.462 e. The smallest absolute Gasteiger partial charge is 0.233 e. The summed E-state index contributed by atoms with van der Waals surface area (Å²) in [7, 11) is 0. The molecule has 0 spiro atoms. The molecule has 0 aliphatic heterocycles. The lowest BCUT2D eigenvalue weighted by Crippen LogP contribution is -2.38. The van der Waals surface area contributed by atoms with Crippen molar-refractivity contribution in [1.82, 2.24) is 4.98 Å². The molecule has 0 atom stereocenters. The van der Waals surface area contributed by atoms with Crippen LogP contribution in [0.3, 0.4) is 0 Å². The highest BCUT2D eigenvalue weighted by Crippen LogP contribution is 2.27. The Balaban J connectivity index is 1.83. The SMILES string of the molecule is Cc1ccc(C)c(N(C(=O)Cc2csc(-c3ccco3)n2)C(C)C)c1. The first kappa shape index (κ1) is 17.4. The van der Waals surface area contributed by atoms with E-state index in [1.165, 1.54) is 11.3 Å². The Bertz CT molecular complexity index is 866. The standard InChI is InChI=1S/C20H22N2O2S/c1-13(2)22(17-10-14(3)7-8-15(17)4)19(23)11-16-12-25-20(21-16)18-6-5-9-24-18/h5-10,12-13H,11H2,1-4H3. The number of nitrogens with zero attached hydrogens (tertiary/aromatic N) is 2. The Hall–Kier alpha value is -2.40. The van der Waals surface area contributed by atoms with Crippen LogP contribution in [0, 0.1) is 13.8 Å². The molecule has 0 fully saturated rings. The molecule has 0 bridgehead atoms. The highest BCUT2D eigenvalue weighted by Gasteiger charge is 2.22. The van der Waals surface area contributed by atoms with Gasteiger partial charge in [-0.25, -0.2) is 4.98 Å². The zero-order chi connectivity index (χ0) is 18.0. The molecular weight excluding hydrogens is 332 g/mol. The number of amides is 1. The number of hydrogen-bond acceptors (Lipinski definition) is 4. The topological polar surface area (TPSA) is 46.3 Å². The van der Waals surface area contributed by atoms with Crippen LogP contribution in [0.1, 0.15) is 30.7 Å². The van der Waals surface area contributed by atoms with Gasteiger partial charge in [-0.1, -0.05) is 12.1 Å². The third-order valence-electron chi connectivity index (χ3n) is 4.03. The minimum atomic E-state index is 0.0556. The van der Waals surface area contributed by atoms with Crippen molar-refractivity contribution in [2.24, 2.45) is 0 Å². The fourth-order valence-electron chi connectivity index (χ4n) is 2.82. The van der Waals surface area contributed by atoms with Crippen molar-refractivity contribution in [1.29, 1.82) is 0 Å². The molecule has 0 saturated heterocycles. The van der Waals surface area contributed by atoms with Gasteiger partial charge in [-0.2, -0.15) is 0 Å². The summed E-state index contributed by atoms with van der Waals surface area (Å²) >= 11 is 1.50. The predicted molar refractivity (Wildman–Crippen MR) is 102 cm³/mol. The first-order valence-electron chi connectivity index (χ1n) is 8.33. The molecule has 0 N–H and O–H groups in total. The Labute approximate surface area is 152 Å². The molecule has 1 aromatic carbocycles. The van der Waals surface area contributed by atoms with Crippen LogP contribution in [-0.2, 0) is 11.2 Å². The maximum Gasteiger partial charge on any atom is 0.233 e. The molecule has 1 amide bonds. The van der Waals surface area contributed by atoms with Crippen LogP contribution in [0.4, 0.5) is 5.69 Å². The zero-order valence-electron chi connectivity index (χ0n) is 14.9. The summed E-state index contributed by atoms with van der Waals surface area (Å²) in [6.45, 7) is 8.15. The lowest BCUT2D eigenvalue weighted by Gasteiger charge is -2.28. The Kier molecular flexibility index (Phi) is 5.04. The molecule has 2 aromatic heterocycles. The molecule has 3 rings (SSSR count). The third kappa shape index (κ3) is 3.82. The van der Waals surface area contributed by atoms with Gasteiger partial charge in [0.1, 0.15) is 0 Å². The van der Waals surface area contributed by atoms with Gasteiger partial charge in [0.25, 0.3) is 0 Å². The number of carbonyl (C=O) groups excluding carboxylic acids is 1. The largest absolute Gasteiger partial charge is 0.462 e. The Morgan fingerprint density at radius 3 is 2.76 bits per heavy atom. The lowest BCUT2D eigenvalue weighted by atomic mass is 10.1. The summed E-state index contributed by atoms with van der Waals surface area (Å²) in [4.78, 5) is 19.4. The van der Waals surface area contributed by atoms with Gasteiger partial charge in [0.2, 0.25) is 5.91 Å². The maximum atomic E-state index is 13.0. The number of rotatable bonds is 5. The van der Waals surface area contributed by atoms with Crippen LogP contribution >= 0.6 is 11.3 Å². The van der Waals surface area contributed by atoms with E-state index in [4.69, 9.17) is 4.42 Å². The average Bonchev–Trinajstić information content (AvgIpc) is 3.21. The molecule has 0 radical (unpaired) electrons. The molecule has 0 saturated carbocycles. The first-order chi connectivity index (χ1) is 12.0. The lowest BCUT2D eigenvalue weighted by molar-refractivity contribution is -0.118. The van der Waals surface area contributed by atoms with Crippen LogP contribution in [0.25, 0.3) is 10.8 Å². The highest BCUT2D eigenvalue weighted by molar-refractivity contribution is 7.13. The number of carbonyl (C=O) groups is 1. The summed E-state index contributed by atoms with van der Waals surface area (Å²) in [5.41, 5.74) is 3.99.